The van der Waals surface area contributed by atoms with Gasteiger partial charge in [-0.25, -0.2) is 0 Å². The SMILES string of the molecule is C=C1CCCC(C)(C)C1=CC(C)C(=O)CCC. The van der Waals surface area contributed by atoms with E-state index >= 15 is 0 Å². The fraction of sp³-hybridized carbons (Fsp3) is 0.688. The van der Waals surface area contributed by atoms with Crippen LogP contribution in [0.2, 0.25) is 0 Å². The van der Waals surface area contributed by atoms with Crippen LogP contribution in [0.25, 0.3) is 0 Å². The molecule has 0 saturated heterocycles. The maximum atomic E-state index is 11.9. The molecule has 0 heterocycles. The Morgan fingerprint density at radius 2 is 2.18 bits per heavy atom. The zero-order chi connectivity index (χ0) is 13.1. The molecule has 0 aromatic heterocycles. The second-order valence-corrected chi connectivity index (χ2v) is 5.93. The molecule has 1 saturated carbocycles. The quantitative estimate of drug-likeness (QED) is 0.690. The molecule has 1 aliphatic carbocycles. The van der Waals surface area contributed by atoms with Crippen LogP contribution >= 0.6 is 0 Å². The van der Waals surface area contributed by atoms with Gasteiger partial charge >= 0.3 is 0 Å². The zero-order valence-electron chi connectivity index (χ0n) is 11.8. The van der Waals surface area contributed by atoms with E-state index in [4.69, 9.17) is 0 Å². The molecule has 1 unspecified atom stereocenters. The molecule has 0 amide bonds. The minimum absolute atomic E-state index is 0.0408. The molecule has 96 valence electrons. The zero-order valence-corrected chi connectivity index (χ0v) is 11.8. The Kier molecular flexibility index (Phi) is 4.73. The molecular formula is C16H26O. The minimum Gasteiger partial charge on any atom is -0.299 e. The summed E-state index contributed by atoms with van der Waals surface area (Å²) in [4.78, 5) is 11.9. The van der Waals surface area contributed by atoms with Crippen LogP contribution in [0, 0.1) is 11.3 Å². The van der Waals surface area contributed by atoms with E-state index in [9.17, 15) is 4.79 Å². The van der Waals surface area contributed by atoms with Gasteiger partial charge in [0.05, 0.1) is 0 Å². The monoisotopic (exact) mass is 234 g/mol. The van der Waals surface area contributed by atoms with Gasteiger partial charge in [-0.15, -0.1) is 0 Å². The van der Waals surface area contributed by atoms with Gasteiger partial charge in [0, 0.05) is 12.3 Å². The lowest BCUT2D eigenvalue weighted by atomic mass is 9.70. The van der Waals surface area contributed by atoms with Crippen LogP contribution in [0.5, 0.6) is 0 Å². The third-order valence-electron chi connectivity index (χ3n) is 3.81. The van der Waals surface area contributed by atoms with E-state index in [1.807, 2.05) is 6.92 Å². The first-order valence-corrected chi connectivity index (χ1v) is 6.81. The first-order chi connectivity index (χ1) is 7.88. The number of carbonyl (C=O) groups excluding carboxylic acids is 1. The highest BCUT2D eigenvalue weighted by molar-refractivity contribution is 5.82. The van der Waals surface area contributed by atoms with Gasteiger partial charge in [0.15, 0.2) is 0 Å². The van der Waals surface area contributed by atoms with Crippen LogP contribution in [-0.2, 0) is 4.79 Å². The number of Topliss-reactive ketones (excluding diaryl/α,β-unsaturated/α-hetero) is 1. The van der Waals surface area contributed by atoms with Crippen molar-refractivity contribution >= 4 is 5.78 Å². The molecule has 0 aliphatic heterocycles. The molecular weight excluding hydrogens is 208 g/mol. The van der Waals surface area contributed by atoms with Gasteiger partial charge in [-0.1, -0.05) is 45.9 Å². The summed E-state index contributed by atoms with van der Waals surface area (Å²) in [6.07, 6.45) is 7.31. The second-order valence-electron chi connectivity index (χ2n) is 5.93. The van der Waals surface area contributed by atoms with Gasteiger partial charge in [-0.3, -0.25) is 4.79 Å². The Bertz CT molecular complexity index is 333. The molecule has 1 nitrogen and oxygen atoms in total. The largest absolute Gasteiger partial charge is 0.299 e. The first kappa shape index (κ1) is 14.2. The number of ketones is 1. The van der Waals surface area contributed by atoms with Crippen LogP contribution < -0.4 is 0 Å². The van der Waals surface area contributed by atoms with E-state index in [-0.39, 0.29) is 11.3 Å². The van der Waals surface area contributed by atoms with Crippen LogP contribution in [0.4, 0.5) is 0 Å². The van der Waals surface area contributed by atoms with Crippen molar-refractivity contribution in [2.75, 3.05) is 0 Å². The lowest BCUT2D eigenvalue weighted by Gasteiger charge is -2.35. The van der Waals surface area contributed by atoms with E-state index in [1.165, 1.54) is 24.0 Å². The average molecular weight is 234 g/mol. The topological polar surface area (TPSA) is 17.1 Å². The summed E-state index contributed by atoms with van der Waals surface area (Å²) >= 11 is 0. The molecule has 0 spiro atoms. The first-order valence-electron chi connectivity index (χ1n) is 6.81. The summed E-state index contributed by atoms with van der Waals surface area (Å²) in [5.74, 6) is 0.397. The Morgan fingerprint density at radius 1 is 1.53 bits per heavy atom. The summed E-state index contributed by atoms with van der Waals surface area (Å²) in [7, 11) is 0. The summed E-state index contributed by atoms with van der Waals surface area (Å²) in [6, 6.07) is 0. The van der Waals surface area contributed by atoms with Crippen LogP contribution in [-0.4, -0.2) is 5.78 Å². The highest BCUT2D eigenvalue weighted by Crippen LogP contribution is 2.43. The van der Waals surface area contributed by atoms with Gasteiger partial charge in [0.25, 0.3) is 0 Å². The van der Waals surface area contributed by atoms with Crippen molar-refractivity contribution in [1.29, 1.82) is 0 Å². The second kappa shape index (κ2) is 5.66. The minimum atomic E-state index is 0.0408. The Labute approximate surface area is 106 Å². The number of rotatable bonds is 4. The Balaban J connectivity index is 2.87. The van der Waals surface area contributed by atoms with Crippen molar-refractivity contribution < 1.29 is 4.79 Å². The number of hydrogen-bond acceptors (Lipinski definition) is 1. The number of hydrogen-bond donors (Lipinski definition) is 0. The molecule has 1 heteroatoms. The van der Waals surface area contributed by atoms with Crippen LogP contribution in [0.3, 0.4) is 0 Å². The molecule has 0 aromatic rings. The summed E-state index contributed by atoms with van der Waals surface area (Å²) in [5.41, 5.74) is 2.74. The lowest BCUT2D eigenvalue weighted by Crippen LogP contribution is -2.22. The van der Waals surface area contributed by atoms with Crippen molar-refractivity contribution in [3.63, 3.8) is 0 Å². The predicted molar refractivity (Wildman–Crippen MR) is 73.9 cm³/mol. The van der Waals surface area contributed by atoms with Gasteiger partial charge < -0.3 is 0 Å². The molecule has 1 atom stereocenters. The van der Waals surface area contributed by atoms with Gasteiger partial charge in [0.1, 0.15) is 5.78 Å². The molecule has 1 aliphatic rings. The highest BCUT2D eigenvalue weighted by Gasteiger charge is 2.29. The lowest BCUT2D eigenvalue weighted by molar-refractivity contribution is -0.121. The third-order valence-corrected chi connectivity index (χ3v) is 3.81. The number of allylic oxidation sites excluding steroid dienone is 3. The van der Waals surface area contributed by atoms with E-state index in [0.29, 0.717) is 12.2 Å². The Hall–Kier alpha value is -0.850. The van der Waals surface area contributed by atoms with Crippen molar-refractivity contribution in [1.82, 2.24) is 0 Å². The Morgan fingerprint density at radius 3 is 2.71 bits per heavy atom. The predicted octanol–water partition coefficient (Wildman–Crippen LogP) is 4.68. The van der Waals surface area contributed by atoms with Crippen molar-refractivity contribution in [2.24, 2.45) is 11.3 Å². The highest BCUT2D eigenvalue weighted by atomic mass is 16.1. The fourth-order valence-corrected chi connectivity index (χ4v) is 2.65. The fourth-order valence-electron chi connectivity index (χ4n) is 2.65. The average Bonchev–Trinajstić information content (AvgIpc) is 2.23. The van der Waals surface area contributed by atoms with Crippen molar-refractivity contribution in [3.05, 3.63) is 23.8 Å². The molecule has 1 rings (SSSR count). The van der Waals surface area contributed by atoms with Crippen molar-refractivity contribution in [3.8, 4) is 0 Å². The van der Waals surface area contributed by atoms with Gasteiger partial charge in [0.2, 0.25) is 0 Å². The maximum absolute atomic E-state index is 11.9. The van der Waals surface area contributed by atoms with E-state index < -0.39 is 0 Å². The molecule has 0 N–H and O–H groups in total. The van der Waals surface area contributed by atoms with Crippen molar-refractivity contribution in [2.45, 2.75) is 59.8 Å². The summed E-state index contributed by atoms with van der Waals surface area (Å²) < 4.78 is 0. The van der Waals surface area contributed by atoms with Gasteiger partial charge in [-0.05, 0) is 36.7 Å². The molecule has 17 heavy (non-hydrogen) atoms. The summed E-state index contributed by atoms with van der Waals surface area (Å²) in [6.45, 7) is 12.8. The number of carbonyl (C=O) groups is 1. The molecule has 0 radical (unpaired) electrons. The molecule has 0 aromatic carbocycles. The smallest absolute Gasteiger partial charge is 0.139 e. The van der Waals surface area contributed by atoms with Crippen LogP contribution in [0.15, 0.2) is 23.8 Å². The third kappa shape index (κ3) is 3.55. The molecule has 1 fully saturated rings. The molecule has 0 bridgehead atoms. The van der Waals surface area contributed by atoms with Gasteiger partial charge in [-0.2, -0.15) is 0 Å². The maximum Gasteiger partial charge on any atom is 0.139 e. The van der Waals surface area contributed by atoms with E-state index in [2.05, 4.69) is 33.4 Å². The summed E-state index contributed by atoms with van der Waals surface area (Å²) in [5, 5.41) is 0. The normalized spacial score (nSPS) is 23.8. The van der Waals surface area contributed by atoms with E-state index in [0.717, 1.165) is 12.8 Å². The van der Waals surface area contributed by atoms with Crippen LogP contribution in [0.1, 0.15) is 59.8 Å². The van der Waals surface area contributed by atoms with E-state index in [1.54, 1.807) is 0 Å². The standard InChI is InChI=1S/C16H26O/c1-6-8-15(17)13(3)11-14-12(2)9-7-10-16(14,4)5/h11,13H,2,6-10H2,1,3-5H3.